The van der Waals surface area contributed by atoms with Gasteiger partial charge in [-0.3, -0.25) is 0 Å². The molecule has 2 N–H and O–H groups in total. The monoisotopic (exact) mass is 254 g/mol. The molecule has 1 saturated heterocycles. The summed E-state index contributed by atoms with van der Waals surface area (Å²) < 4.78 is 5.42. The van der Waals surface area contributed by atoms with Crippen LogP contribution in [0.1, 0.15) is 11.1 Å². The Morgan fingerprint density at radius 3 is 2.82 bits per heavy atom. The summed E-state index contributed by atoms with van der Waals surface area (Å²) in [5.41, 5.74) is 2.21. The summed E-state index contributed by atoms with van der Waals surface area (Å²) in [6, 6.07) is 3.90. The van der Waals surface area contributed by atoms with E-state index in [1.54, 1.807) is 7.11 Å². The van der Waals surface area contributed by atoms with E-state index in [4.69, 9.17) is 16.3 Å². The molecule has 1 aliphatic rings. The SMILES string of the molecule is COc1c(C)cc(Cl)cc1CNCC1CNC1. The standard InChI is InChI=1S/C13H19ClN2O/c1-9-3-12(14)4-11(13(9)17-2)8-16-7-10-5-15-6-10/h3-4,10,15-16H,5-8H2,1-2H3. The Kier molecular flexibility index (Phi) is 4.26. The van der Waals surface area contributed by atoms with E-state index in [-0.39, 0.29) is 0 Å². The Labute approximate surface area is 107 Å². The van der Waals surface area contributed by atoms with E-state index in [9.17, 15) is 0 Å². The first kappa shape index (κ1) is 12.7. The first-order chi connectivity index (χ1) is 8.20. The van der Waals surface area contributed by atoms with Crippen LogP contribution in [0.3, 0.4) is 0 Å². The number of aryl methyl sites for hydroxylation is 1. The van der Waals surface area contributed by atoms with Crippen LogP contribution < -0.4 is 15.4 Å². The molecule has 1 heterocycles. The minimum atomic E-state index is 0.765. The van der Waals surface area contributed by atoms with Crippen molar-refractivity contribution >= 4 is 11.6 Å². The second-order valence-corrected chi connectivity index (χ2v) is 5.01. The number of nitrogens with one attached hydrogen (secondary N) is 2. The molecule has 3 nitrogen and oxygen atoms in total. The smallest absolute Gasteiger partial charge is 0.126 e. The molecule has 0 amide bonds. The zero-order valence-electron chi connectivity index (χ0n) is 10.3. The van der Waals surface area contributed by atoms with Crippen molar-refractivity contribution in [1.82, 2.24) is 10.6 Å². The van der Waals surface area contributed by atoms with E-state index >= 15 is 0 Å². The predicted octanol–water partition coefficient (Wildman–Crippen LogP) is 1.97. The molecule has 94 valence electrons. The van der Waals surface area contributed by atoms with Gasteiger partial charge in [-0.15, -0.1) is 0 Å². The zero-order valence-corrected chi connectivity index (χ0v) is 11.1. The minimum Gasteiger partial charge on any atom is -0.496 e. The lowest BCUT2D eigenvalue weighted by atomic mass is 10.0. The molecule has 1 fully saturated rings. The summed E-state index contributed by atoms with van der Waals surface area (Å²) in [7, 11) is 1.70. The molecule has 0 aromatic heterocycles. The van der Waals surface area contributed by atoms with Crippen LogP contribution in [0.25, 0.3) is 0 Å². The van der Waals surface area contributed by atoms with Crippen LogP contribution >= 0.6 is 11.6 Å². The van der Waals surface area contributed by atoms with Crippen molar-refractivity contribution in [2.75, 3.05) is 26.7 Å². The summed E-state index contributed by atoms with van der Waals surface area (Å²) >= 11 is 6.07. The van der Waals surface area contributed by atoms with Gasteiger partial charge >= 0.3 is 0 Å². The van der Waals surface area contributed by atoms with Gasteiger partial charge in [-0.2, -0.15) is 0 Å². The third-order valence-electron chi connectivity index (χ3n) is 3.13. The fourth-order valence-corrected chi connectivity index (χ4v) is 2.42. The molecule has 0 atom stereocenters. The van der Waals surface area contributed by atoms with Crippen LogP contribution in [0.15, 0.2) is 12.1 Å². The van der Waals surface area contributed by atoms with Gasteiger partial charge in [0, 0.05) is 36.8 Å². The molecule has 0 aliphatic carbocycles. The summed E-state index contributed by atoms with van der Waals surface area (Å²) in [5, 5.41) is 7.49. The Morgan fingerprint density at radius 2 is 2.24 bits per heavy atom. The van der Waals surface area contributed by atoms with E-state index in [1.165, 1.54) is 0 Å². The topological polar surface area (TPSA) is 33.3 Å². The van der Waals surface area contributed by atoms with Crippen LogP contribution in [-0.4, -0.2) is 26.7 Å². The highest BCUT2D eigenvalue weighted by Crippen LogP contribution is 2.27. The van der Waals surface area contributed by atoms with Crippen molar-refractivity contribution < 1.29 is 4.74 Å². The van der Waals surface area contributed by atoms with Crippen LogP contribution in [-0.2, 0) is 6.54 Å². The highest BCUT2D eigenvalue weighted by molar-refractivity contribution is 6.30. The summed E-state index contributed by atoms with van der Waals surface area (Å²) in [4.78, 5) is 0. The molecule has 0 bridgehead atoms. The molecule has 4 heteroatoms. The van der Waals surface area contributed by atoms with E-state index in [1.807, 2.05) is 19.1 Å². The van der Waals surface area contributed by atoms with Crippen molar-refractivity contribution in [2.24, 2.45) is 5.92 Å². The number of benzene rings is 1. The Morgan fingerprint density at radius 1 is 1.47 bits per heavy atom. The third kappa shape index (κ3) is 3.12. The highest BCUT2D eigenvalue weighted by Gasteiger charge is 2.16. The van der Waals surface area contributed by atoms with Gasteiger partial charge in [0.1, 0.15) is 5.75 Å². The lowest BCUT2D eigenvalue weighted by Gasteiger charge is -2.27. The van der Waals surface area contributed by atoms with Gasteiger partial charge in [0.25, 0.3) is 0 Å². The van der Waals surface area contributed by atoms with E-state index in [0.717, 1.165) is 54.0 Å². The predicted molar refractivity (Wildman–Crippen MR) is 70.8 cm³/mol. The fourth-order valence-electron chi connectivity index (χ4n) is 2.13. The average molecular weight is 255 g/mol. The second kappa shape index (κ2) is 5.71. The van der Waals surface area contributed by atoms with Crippen LogP contribution in [0.4, 0.5) is 0 Å². The van der Waals surface area contributed by atoms with E-state index in [2.05, 4.69) is 10.6 Å². The maximum Gasteiger partial charge on any atom is 0.126 e. The third-order valence-corrected chi connectivity index (χ3v) is 3.35. The lowest BCUT2D eigenvalue weighted by Crippen LogP contribution is -2.47. The first-order valence-corrected chi connectivity index (χ1v) is 6.33. The Hall–Kier alpha value is -0.770. The molecule has 0 spiro atoms. The van der Waals surface area contributed by atoms with Crippen LogP contribution in [0.2, 0.25) is 5.02 Å². The maximum atomic E-state index is 6.07. The first-order valence-electron chi connectivity index (χ1n) is 5.95. The van der Waals surface area contributed by atoms with Crippen LogP contribution in [0, 0.1) is 12.8 Å². The summed E-state index contributed by atoms with van der Waals surface area (Å²) in [6.07, 6.45) is 0. The zero-order chi connectivity index (χ0) is 12.3. The van der Waals surface area contributed by atoms with E-state index < -0.39 is 0 Å². The molecular formula is C13H19ClN2O. The van der Waals surface area contributed by atoms with Gasteiger partial charge in [0.2, 0.25) is 0 Å². The summed E-state index contributed by atoms with van der Waals surface area (Å²) in [6.45, 7) is 6.12. The molecule has 0 radical (unpaired) electrons. The molecular weight excluding hydrogens is 236 g/mol. The Balaban J connectivity index is 1.97. The van der Waals surface area contributed by atoms with E-state index in [0.29, 0.717) is 0 Å². The average Bonchev–Trinajstić information content (AvgIpc) is 2.21. The second-order valence-electron chi connectivity index (χ2n) is 4.57. The van der Waals surface area contributed by atoms with Gasteiger partial charge in [-0.25, -0.2) is 0 Å². The van der Waals surface area contributed by atoms with Gasteiger partial charge < -0.3 is 15.4 Å². The molecule has 17 heavy (non-hydrogen) atoms. The molecule has 1 aromatic rings. The number of hydrogen-bond donors (Lipinski definition) is 2. The van der Waals surface area contributed by atoms with Gasteiger partial charge in [0.05, 0.1) is 7.11 Å². The highest BCUT2D eigenvalue weighted by atomic mass is 35.5. The Bertz CT molecular complexity index is 391. The van der Waals surface area contributed by atoms with Gasteiger partial charge in [0.15, 0.2) is 0 Å². The maximum absolute atomic E-state index is 6.07. The van der Waals surface area contributed by atoms with Crippen molar-refractivity contribution in [3.63, 3.8) is 0 Å². The number of rotatable bonds is 5. The van der Waals surface area contributed by atoms with Crippen LogP contribution in [0.5, 0.6) is 5.75 Å². The van der Waals surface area contributed by atoms with Crippen molar-refractivity contribution in [3.05, 3.63) is 28.3 Å². The lowest BCUT2D eigenvalue weighted by molar-refractivity contribution is 0.330. The fraction of sp³-hybridized carbons (Fsp3) is 0.538. The molecule has 0 saturated carbocycles. The van der Waals surface area contributed by atoms with Crippen molar-refractivity contribution in [3.8, 4) is 5.75 Å². The van der Waals surface area contributed by atoms with Gasteiger partial charge in [-0.1, -0.05) is 11.6 Å². The van der Waals surface area contributed by atoms with Gasteiger partial charge in [-0.05, 0) is 30.5 Å². The number of hydrogen-bond acceptors (Lipinski definition) is 3. The molecule has 1 aromatic carbocycles. The largest absolute Gasteiger partial charge is 0.496 e. The quantitative estimate of drug-likeness (QED) is 0.843. The molecule has 2 rings (SSSR count). The number of halogens is 1. The summed E-state index contributed by atoms with van der Waals surface area (Å²) in [5.74, 6) is 1.70. The number of ether oxygens (including phenoxy) is 1. The molecule has 0 unspecified atom stereocenters. The number of methoxy groups -OCH3 is 1. The molecule has 1 aliphatic heterocycles. The minimum absolute atomic E-state index is 0.765. The normalized spacial score (nSPS) is 15.7. The van der Waals surface area contributed by atoms with Crippen molar-refractivity contribution in [1.29, 1.82) is 0 Å². The van der Waals surface area contributed by atoms with Crippen molar-refractivity contribution in [2.45, 2.75) is 13.5 Å².